The molecule has 2 heteroatoms. The quantitative estimate of drug-likeness (QED) is 0.0671. The fourth-order valence-electron chi connectivity index (χ4n) is 11.3. The van der Waals surface area contributed by atoms with Crippen molar-refractivity contribution < 1.29 is 0 Å². The summed E-state index contributed by atoms with van der Waals surface area (Å²) in [5, 5.41) is 0. The lowest BCUT2D eigenvalue weighted by Gasteiger charge is -2.59. The zero-order valence-electron chi connectivity index (χ0n) is 39.9. The van der Waals surface area contributed by atoms with E-state index >= 15 is 0 Å². The van der Waals surface area contributed by atoms with Crippen molar-refractivity contribution in [3.63, 3.8) is 0 Å². The van der Waals surface area contributed by atoms with Crippen LogP contribution in [0.1, 0.15) is 218 Å². The van der Waals surface area contributed by atoms with Crippen molar-refractivity contribution in [2.75, 3.05) is 25.7 Å². The second-order valence-corrected chi connectivity index (χ2v) is 21.3. The van der Waals surface area contributed by atoms with Crippen molar-refractivity contribution >= 4 is 17.2 Å². The molecule has 0 aromatic rings. The molecule has 0 nitrogen and oxygen atoms in total. The molecular formula is C52H102P2. The van der Waals surface area contributed by atoms with Crippen LogP contribution in [0.4, 0.5) is 0 Å². The van der Waals surface area contributed by atoms with E-state index in [2.05, 4.69) is 87.1 Å². The van der Waals surface area contributed by atoms with Crippen molar-refractivity contribution in [3.8, 4) is 12.3 Å². The van der Waals surface area contributed by atoms with Crippen molar-refractivity contribution in [3.05, 3.63) is 11.6 Å². The summed E-state index contributed by atoms with van der Waals surface area (Å²) in [6.07, 6.45) is 40.0. The molecule has 0 aromatic heterocycles. The van der Waals surface area contributed by atoms with Gasteiger partial charge in [0.25, 0.3) is 0 Å². The van der Waals surface area contributed by atoms with Crippen LogP contribution in [0.15, 0.2) is 11.6 Å². The fourth-order valence-corrected chi connectivity index (χ4v) is 12.8. The van der Waals surface area contributed by atoms with Crippen molar-refractivity contribution in [2.45, 2.75) is 218 Å². The molecule has 5 aliphatic carbocycles. The number of fused-ring (bicyclic) bond motifs is 5. The maximum atomic E-state index is 4.60. The lowest BCUT2D eigenvalue weighted by molar-refractivity contribution is -0.0489. The predicted octanol–water partition coefficient (Wildman–Crippen LogP) is 17.7. The monoisotopic (exact) mass is 789 g/mol. The standard InChI is InChI=1S/C30H50.C8H19P.C7H17P.C3H4.2C2H6/c1-21(2)8-5-6-11-24-13-15-27-26-14-12-25-20-23(22-9-7-10-22)16-18-30(25,4)28(26)17-19-29(24,27)3;1-4-8(2)6-5-7-9-3;1-4-5-7(2)6-8-3;1-3-2;2*1-2/h12,21-24,26-28H,5-11,13-20H2,1-4H3;8-9H,4-7H2,1-3H3;7-8H,4-6H2,1-3H3;1H,2H3;2*1-2H3. The average Bonchev–Trinajstić information content (AvgIpc) is 3.48. The van der Waals surface area contributed by atoms with Gasteiger partial charge in [-0.15, -0.1) is 29.5 Å². The number of rotatable bonds is 15. The number of hydrogen-bond acceptors (Lipinski definition) is 0. The second kappa shape index (κ2) is 31.1. The van der Waals surface area contributed by atoms with Gasteiger partial charge < -0.3 is 0 Å². The minimum Gasteiger partial charge on any atom is -0.125 e. The molecule has 0 heterocycles. The molecular weight excluding hydrogens is 687 g/mol. The molecule has 11 atom stereocenters. The Bertz CT molecular complexity index is 950. The third-order valence-electron chi connectivity index (χ3n) is 14.9. The molecule has 0 radical (unpaired) electrons. The van der Waals surface area contributed by atoms with E-state index in [4.69, 9.17) is 0 Å². The summed E-state index contributed by atoms with van der Waals surface area (Å²) in [5.74, 6) is 11.3. The molecule has 5 aliphatic rings. The molecule has 4 saturated carbocycles. The van der Waals surface area contributed by atoms with Crippen LogP contribution in [-0.2, 0) is 0 Å². The molecule has 5 rings (SSSR count). The molecule has 320 valence electrons. The number of hydrogen-bond donors (Lipinski definition) is 0. The van der Waals surface area contributed by atoms with Gasteiger partial charge in [-0.3, -0.25) is 0 Å². The van der Waals surface area contributed by atoms with Crippen LogP contribution >= 0.6 is 17.2 Å². The Hall–Kier alpha value is 0.160. The van der Waals surface area contributed by atoms with Gasteiger partial charge in [-0.2, -0.15) is 0 Å². The number of unbranched alkanes of at least 4 members (excludes halogenated alkanes) is 1. The van der Waals surface area contributed by atoms with E-state index in [1.165, 1.54) is 95.8 Å². The topological polar surface area (TPSA) is 0 Å². The SMILES string of the molecule is C#CC.CC.CC.CC(C)CCCCC1CCC2C3CC=C4CC(C5CCC5)CCC4(C)C3CCC12C.CCC(C)CCCPC.CCCC(C)CPC. The van der Waals surface area contributed by atoms with E-state index in [1.54, 1.807) is 51.9 Å². The molecule has 0 bridgehead atoms. The molecule has 54 heavy (non-hydrogen) atoms. The zero-order valence-corrected chi connectivity index (χ0v) is 41.9. The summed E-state index contributed by atoms with van der Waals surface area (Å²) in [6.45, 7) is 33.7. The Morgan fingerprint density at radius 2 is 1.44 bits per heavy atom. The maximum Gasteiger partial charge on any atom is -0.00297 e. The van der Waals surface area contributed by atoms with E-state index in [9.17, 15) is 0 Å². The lowest BCUT2D eigenvalue weighted by Crippen LogP contribution is -2.50. The molecule has 0 spiro atoms. The molecule has 0 aliphatic heterocycles. The summed E-state index contributed by atoms with van der Waals surface area (Å²) in [4.78, 5) is 0. The fraction of sp³-hybridized carbons (Fsp3) is 0.923. The first kappa shape index (κ1) is 54.2. The Balaban J connectivity index is 0.000000967. The van der Waals surface area contributed by atoms with Crippen LogP contribution < -0.4 is 0 Å². The third kappa shape index (κ3) is 17.6. The summed E-state index contributed by atoms with van der Waals surface area (Å²) in [5.41, 5.74) is 3.17. The summed E-state index contributed by atoms with van der Waals surface area (Å²) in [6, 6.07) is 0. The van der Waals surface area contributed by atoms with E-state index in [-0.39, 0.29) is 0 Å². The third-order valence-corrected chi connectivity index (χ3v) is 16.9. The maximum absolute atomic E-state index is 4.60. The highest BCUT2D eigenvalue weighted by atomic mass is 31.1. The van der Waals surface area contributed by atoms with Crippen molar-refractivity contribution in [2.24, 2.45) is 64.1 Å². The Morgan fingerprint density at radius 3 is 1.98 bits per heavy atom. The lowest BCUT2D eigenvalue weighted by atomic mass is 9.46. The summed E-state index contributed by atoms with van der Waals surface area (Å²) in [7, 11) is 2.31. The molecule has 0 amide bonds. The van der Waals surface area contributed by atoms with Crippen LogP contribution in [0.3, 0.4) is 0 Å². The second-order valence-electron chi connectivity index (χ2n) is 18.9. The first-order valence-electron chi connectivity index (χ1n) is 24.3. The molecule has 0 saturated heterocycles. The largest absolute Gasteiger partial charge is 0.125 e. The van der Waals surface area contributed by atoms with Crippen LogP contribution in [0, 0.1) is 76.4 Å². The number of allylic oxidation sites excluding steroid dienone is 2. The van der Waals surface area contributed by atoms with Crippen LogP contribution in [0.25, 0.3) is 0 Å². The van der Waals surface area contributed by atoms with Crippen molar-refractivity contribution in [1.82, 2.24) is 0 Å². The van der Waals surface area contributed by atoms with E-state index in [1.807, 2.05) is 33.3 Å². The predicted molar refractivity (Wildman–Crippen MR) is 258 cm³/mol. The normalized spacial score (nSPS) is 30.7. The van der Waals surface area contributed by atoms with Gasteiger partial charge in [0.05, 0.1) is 0 Å². The Kier molecular flexibility index (Phi) is 31.2. The highest BCUT2D eigenvalue weighted by Gasteiger charge is 2.58. The minimum absolute atomic E-state index is 0.569. The molecule has 0 aromatic carbocycles. The first-order valence-corrected chi connectivity index (χ1v) is 27.7. The highest BCUT2D eigenvalue weighted by molar-refractivity contribution is 7.37. The van der Waals surface area contributed by atoms with Gasteiger partial charge >= 0.3 is 0 Å². The van der Waals surface area contributed by atoms with Gasteiger partial charge in [0.2, 0.25) is 0 Å². The molecule has 0 N–H and O–H groups in total. The van der Waals surface area contributed by atoms with Gasteiger partial charge in [0, 0.05) is 0 Å². The van der Waals surface area contributed by atoms with Crippen LogP contribution in [0.2, 0.25) is 0 Å². The van der Waals surface area contributed by atoms with E-state index < -0.39 is 0 Å². The van der Waals surface area contributed by atoms with Crippen molar-refractivity contribution in [1.29, 1.82) is 0 Å². The Labute approximate surface area is 347 Å². The molecule has 4 fully saturated rings. The Morgan fingerprint density at radius 1 is 0.778 bits per heavy atom. The van der Waals surface area contributed by atoms with Gasteiger partial charge in [0.1, 0.15) is 0 Å². The smallest absolute Gasteiger partial charge is 0.00297 e. The van der Waals surface area contributed by atoms with Crippen LogP contribution in [-0.4, -0.2) is 25.7 Å². The van der Waals surface area contributed by atoms with Gasteiger partial charge in [-0.05, 0) is 161 Å². The minimum atomic E-state index is 0.569. The van der Waals surface area contributed by atoms with Crippen LogP contribution in [0.5, 0.6) is 0 Å². The average molecular weight is 789 g/mol. The molecule has 11 unspecified atom stereocenters. The zero-order chi connectivity index (χ0) is 41.2. The number of terminal acetylenes is 1. The summed E-state index contributed by atoms with van der Waals surface area (Å²) < 4.78 is 0. The highest BCUT2D eigenvalue weighted by Crippen LogP contribution is 2.67. The summed E-state index contributed by atoms with van der Waals surface area (Å²) >= 11 is 0. The van der Waals surface area contributed by atoms with Gasteiger partial charge in [0.15, 0.2) is 0 Å². The van der Waals surface area contributed by atoms with Gasteiger partial charge in [-0.25, -0.2) is 0 Å². The van der Waals surface area contributed by atoms with E-state index in [0.717, 1.165) is 70.4 Å². The van der Waals surface area contributed by atoms with E-state index in [0.29, 0.717) is 10.8 Å². The van der Waals surface area contributed by atoms with Gasteiger partial charge in [-0.1, -0.05) is 159 Å². The first-order chi connectivity index (χ1) is 25.9.